The van der Waals surface area contributed by atoms with Gasteiger partial charge < -0.3 is 4.74 Å². The number of hydrogen-bond donors (Lipinski definition) is 0. The Labute approximate surface area is 73.3 Å². The number of ketones is 1. The number of Topliss-reactive ketones (excluding diaryl/α,β-unsaturated/α-hetero) is 1. The van der Waals surface area contributed by atoms with Gasteiger partial charge in [0.1, 0.15) is 5.60 Å². The molecule has 2 rings (SSSR count). The first-order valence-electron chi connectivity index (χ1n) is 4.72. The van der Waals surface area contributed by atoms with Gasteiger partial charge in [-0.1, -0.05) is 13.8 Å². The molecular formula is C10H16O2. The monoisotopic (exact) mass is 168 g/mol. The van der Waals surface area contributed by atoms with Crippen molar-refractivity contribution in [1.29, 1.82) is 0 Å². The molecule has 0 N–H and O–H groups in total. The smallest absolute Gasteiger partial charge is 0.167 e. The molecule has 2 atom stereocenters. The van der Waals surface area contributed by atoms with Gasteiger partial charge >= 0.3 is 0 Å². The summed E-state index contributed by atoms with van der Waals surface area (Å²) in [5.41, 5.74) is -0.532. The minimum absolute atomic E-state index is 0.124. The zero-order chi connectivity index (χ0) is 8.98. The summed E-state index contributed by atoms with van der Waals surface area (Å²) in [6, 6.07) is 0. The Morgan fingerprint density at radius 3 is 2.33 bits per heavy atom. The van der Waals surface area contributed by atoms with Crippen LogP contribution in [0.15, 0.2) is 0 Å². The lowest BCUT2D eigenvalue weighted by atomic mass is 9.76. The average Bonchev–Trinajstić information content (AvgIpc) is 2.39. The summed E-state index contributed by atoms with van der Waals surface area (Å²) in [5, 5.41) is 0. The molecule has 2 fully saturated rings. The van der Waals surface area contributed by atoms with Crippen LogP contribution in [0.3, 0.4) is 0 Å². The van der Waals surface area contributed by atoms with Crippen molar-refractivity contribution in [2.75, 3.05) is 0 Å². The Morgan fingerprint density at radius 2 is 2.08 bits per heavy atom. The number of rotatable bonds is 1. The Hall–Kier alpha value is -0.370. The second kappa shape index (κ2) is 2.11. The number of ether oxygens (including phenoxy) is 1. The molecule has 0 aliphatic carbocycles. The van der Waals surface area contributed by atoms with Crippen molar-refractivity contribution in [1.82, 2.24) is 0 Å². The topological polar surface area (TPSA) is 26.3 Å². The van der Waals surface area contributed by atoms with E-state index in [0.29, 0.717) is 18.1 Å². The summed E-state index contributed by atoms with van der Waals surface area (Å²) >= 11 is 0. The molecule has 12 heavy (non-hydrogen) atoms. The SMILES string of the molecule is CC(C)C12CCC(C)(CC1=O)O2. The summed E-state index contributed by atoms with van der Waals surface area (Å²) in [6.45, 7) is 6.21. The maximum atomic E-state index is 11.7. The molecule has 0 aromatic carbocycles. The zero-order valence-corrected chi connectivity index (χ0v) is 8.02. The predicted octanol–water partition coefficient (Wildman–Crippen LogP) is 1.92. The minimum atomic E-state index is -0.408. The molecule has 2 aliphatic heterocycles. The van der Waals surface area contributed by atoms with Gasteiger partial charge in [0.05, 0.1) is 5.60 Å². The Kier molecular flexibility index (Phi) is 1.45. The van der Waals surface area contributed by atoms with Crippen LogP contribution < -0.4 is 0 Å². The number of carbonyl (C=O) groups is 1. The van der Waals surface area contributed by atoms with Crippen molar-refractivity contribution in [2.45, 2.75) is 51.2 Å². The lowest BCUT2D eigenvalue weighted by Gasteiger charge is -2.26. The standard InChI is InChI=1S/C10H16O2/c1-7(2)10-5-4-9(3,12-10)6-8(10)11/h7H,4-6H2,1-3H3. The second-order valence-electron chi connectivity index (χ2n) is 4.70. The van der Waals surface area contributed by atoms with Gasteiger partial charge in [0.2, 0.25) is 0 Å². The third kappa shape index (κ3) is 0.817. The maximum Gasteiger partial charge on any atom is 0.167 e. The second-order valence-corrected chi connectivity index (χ2v) is 4.70. The fraction of sp³-hybridized carbons (Fsp3) is 0.900. The van der Waals surface area contributed by atoms with Crippen LogP contribution in [0.5, 0.6) is 0 Å². The quantitative estimate of drug-likeness (QED) is 0.598. The zero-order valence-electron chi connectivity index (χ0n) is 8.02. The van der Waals surface area contributed by atoms with Crippen molar-refractivity contribution in [3.05, 3.63) is 0 Å². The van der Waals surface area contributed by atoms with E-state index < -0.39 is 5.60 Å². The molecule has 0 amide bonds. The fourth-order valence-electron chi connectivity index (χ4n) is 2.53. The van der Waals surface area contributed by atoms with E-state index in [9.17, 15) is 4.79 Å². The highest BCUT2D eigenvalue weighted by Gasteiger charge is 2.60. The molecule has 0 saturated carbocycles. The van der Waals surface area contributed by atoms with Crippen molar-refractivity contribution >= 4 is 5.78 Å². The van der Waals surface area contributed by atoms with Crippen LogP contribution in [-0.2, 0) is 9.53 Å². The molecular weight excluding hydrogens is 152 g/mol. The van der Waals surface area contributed by atoms with Gasteiger partial charge in [0.15, 0.2) is 5.78 Å². The molecule has 68 valence electrons. The first-order valence-corrected chi connectivity index (χ1v) is 4.72. The van der Waals surface area contributed by atoms with Crippen LogP contribution in [0.25, 0.3) is 0 Å². The molecule has 2 bridgehead atoms. The Balaban J connectivity index is 2.34. The van der Waals surface area contributed by atoms with Gasteiger partial charge in [0.25, 0.3) is 0 Å². The van der Waals surface area contributed by atoms with Crippen LogP contribution in [0.2, 0.25) is 0 Å². The molecule has 2 heterocycles. The summed E-state index contributed by atoms with van der Waals surface area (Å²) in [6.07, 6.45) is 2.61. The third-order valence-corrected chi connectivity index (χ3v) is 3.39. The lowest BCUT2D eigenvalue weighted by Crippen LogP contribution is -2.39. The number of carbonyl (C=O) groups excluding carboxylic acids is 1. The third-order valence-electron chi connectivity index (χ3n) is 3.39. The van der Waals surface area contributed by atoms with E-state index in [1.165, 1.54) is 0 Å². The summed E-state index contributed by atoms with van der Waals surface area (Å²) in [4.78, 5) is 11.7. The highest BCUT2D eigenvalue weighted by Crippen LogP contribution is 2.51. The van der Waals surface area contributed by atoms with E-state index in [-0.39, 0.29) is 5.60 Å². The predicted molar refractivity (Wildman–Crippen MR) is 45.9 cm³/mol. The van der Waals surface area contributed by atoms with Crippen molar-refractivity contribution in [3.8, 4) is 0 Å². The van der Waals surface area contributed by atoms with Crippen LogP contribution in [-0.4, -0.2) is 17.0 Å². The normalized spacial score (nSPS) is 46.2. The Bertz CT molecular complexity index is 234. The molecule has 0 aromatic heterocycles. The van der Waals surface area contributed by atoms with Crippen molar-refractivity contribution in [3.63, 3.8) is 0 Å². The van der Waals surface area contributed by atoms with Gasteiger partial charge in [-0.25, -0.2) is 0 Å². The maximum absolute atomic E-state index is 11.7. The highest BCUT2D eigenvalue weighted by atomic mass is 16.5. The van der Waals surface area contributed by atoms with Gasteiger partial charge in [-0.15, -0.1) is 0 Å². The fourth-order valence-corrected chi connectivity index (χ4v) is 2.53. The molecule has 0 aromatic rings. The average molecular weight is 168 g/mol. The summed E-state index contributed by atoms with van der Waals surface area (Å²) in [5.74, 6) is 0.653. The van der Waals surface area contributed by atoms with E-state index >= 15 is 0 Å². The van der Waals surface area contributed by atoms with Gasteiger partial charge in [-0.05, 0) is 25.7 Å². The van der Waals surface area contributed by atoms with Gasteiger partial charge in [-0.2, -0.15) is 0 Å². The number of hydrogen-bond acceptors (Lipinski definition) is 2. The van der Waals surface area contributed by atoms with E-state index in [2.05, 4.69) is 20.8 Å². The molecule has 2 saturated heterocycles. The van der Waals surface area contributed by atoms with Crippen LogP contribution >= 0.6 is 0 Å². The van der Waals surface area contributed by atoms with Crippen LogP contribution in [0.1, 0.15) is 40.0 Å². The first kappa shape index (κ1) is 8.24. The van der Waals surface area contributed by atoms with Crippen molar-refractivity contribution in [2.24, 2.45) is 5.92 Å². The summed E-state index contributed by atoms with van der Waals surface area (Å²) < 4.78 is 5.87. The van der Waals surface area contributed by atoms with E-state index in [0.717, 1.165) is 12.8 Å². The Morgan fingerprint density at radius 1 is 1.42 bits per heavy atom. The lowest BCUT2D eigenvalue weighted by molar-refractivity contribution is -0.136. The first-order chi connectivity index (χ1) is 5.49. The minimum Gasteiger partial charge on any atom is -0.360 e. The molecule has 2 nitrogen and oxygen atoms in total. The van der Waals surface area contributed by atoms with Gasteiger partial charge in [-0.3, -0.25) is 4.79 Å². The molecule has 0 radical (unpaired) electrons. The summed E-state index contributed by atoms with van der Waals surface area (Å²) in [7, 11) is 0. The molecule has 2 aliphatic rings. The highest BCUT2D eigenvalue weighted by molar-refractivity contribution is 5.91. The molecule has 0 spiro atoms. The molecule has 2 heteroatoms. The van der Waals surface area contributed by atoms with E-state index in [1.807, 2.05) is 0 Å². The van der Waals surface area contributed by atoms with E-state index in [1.54, 1.807) is 0 Å². The van der Waals surface area contributed by atoms with Crippen LogP contribution in [0.4, 0.5) is 0 Å². The van der Waals surface area contributed by atoms with E-state index in [4.69, 9.17) is 4.74 Å². The largest absolute Gasteiger partial charge is 0.360 e. The number of fused-ring (bicyclic) bond motifs is 2. The van der Waals surface area contributed by atoms with Crippen LogP contribution in [0, 0.1) is 5.92 Å². The van der Waals surface area contributed by atoms with Gasteiger partial charge in [0, 0.05) is 6.42 Å². The van der Waals surface area contributed by atoms with Crippen molar-refractivity contribution < 1.29 is 9.53 Å². The molecule has 2 unspecified atom stereocenters.